The van der Waals surface area contributed by atoms with E-state index in [1.54, 1.807) is 18.5 Å². The third kappa shape index (κ3) is 3.19. The van der Waals surface area contributed by atoms with Crippen LogP contribution in [0.4, 0.5) is 0 Å². The van der Waals surface area contributed by atoms with Gasteiger partial charge in [-0.15, -0.1) is 0 Å². The van der Waals surface area contributed by atoms with Gasteiger partial charge < -0.3 is 14.8 Å². The number of H-pyrrole nitrogens is 1. The van der Waals surface area contributed by atoms with Gasteiger partial charge in [-0.3, -0.25) is 9.89 Å². The van der Waals surface area contributed by atoms with Crippen molar-refractivity contribution >= 4 is 5.91 Å². The number of hydrogen-bond donors (Lipinski definition) is 2. The van der Waals surface area contributed by atoms with E-state index in [1.807, 2.05) is 0 Å². The fraction of sp³-hybridized carbons (Fsp3) is 0.571. The van der Waals surface area contributed by atoms with Crippen molar-refractivity contribution in [3.8, 4) is 5.75 Å². The largest absolute Gasteiger partial charge is 0.482 e. The molecule has 1 saturated heterocycles. The average Bonchev–Trinajstić information content (AvgIpc) is 3.14. The first-order valence-corrected chi connectivity index (χ1v) is 7.04. The van der Waals surface area contributed by atoms with Gasteiger partial charge in [0.1, 0.15) is 6.10 Å². The molecule has 6 nitrogen and oxygen atoms in total. The van der Waals surface area contributed by atoms with Gasteiger partial charge in [0.2, 0.25) is 5.91 Å². The number of ether oxygens (including phenoxy) is 2. The molecule has 2 heterocycles. The summed E-state index contributed by atoms with van der Waals surface area (Å²) in [5.74, 6) is 0.618. The number of rotatable bonds is 4. The van der Waals surface area contributed by atoms with Gasteiger partial charge in [-0.2, -0.15) is 5.10 Å². The highest BCUT2D eigenvalue weighted by molar-refractivity contribution is 5.88. The van der Waals surface area contributed by atoms with Crippen molar-refractivity contribution in [2.24, 2.45) is 0 Å². The monoisotopic (exact) mass is 277 g/mol. The van der Waals surface area contributed by atoms with Gasteiger partial charge in [0, 0.05) is 6.08 Å². The molecule has 0 spiro atoms. The minimum absolute atomic E-state index is 0.0433. The molecule has 1 aliphatic heterocycles. The molecule has 2 atom stereocenters. The molecule has 1 amide bonds. The number of amides is 1. The Morgan fingerprint density at radius 3 is 3.05 bits per heavy atom. The van der Waals surface area contributed by atoms with E-state index in [0.717, 1.165) is 12.8 Å². The van der Waals surface area contributed by atoms with E-state index in [-0.39, 0.29) is 18.1 Å². The normalized spacial score (nSPS) is 25.7. The van der Waals surface area contributed by atoms with E-state index in [0.29, 0.717) is 19.0 Å². The van der Waals surface area contributed by atoms with E-state index in [1.165, 1.54) is 18.4 Å². The highest BCUT2D eigenvalue weighted by Gasteiger charge is 2.31. The molecule has 1 aliphatic carbocycles. The zero-order valence-electron chi connectivity index (χ0n) is 11.3. The standard InChI is InChI=1S/C14H19N3O3/c18-14(5-10-3-1-2-4-10)17-12-8-19-9-13(12)20-11-6-15-16-7-11/h5-7,12-13H,1-4,8-9H2,(H,15,16)(H,17,18)/t12-,13+/m0/s1. The van der Waals surface area contributed by atoms with Crippen LogP contribution in [0.5, 0.6) is 5.75 Å². The number of aromatic nitrogens is 2. The molecule has 1 saturated carbocycles. The number of carbonyl (C=O) groups excluding carboxylic acids is 1. The van der Waals surface area contributed by atoms with E-state index >= 15 is 0 Å². The van der Waals surface area contributed by atoms with E-state index in [2.05, 4.69) is 15.5 Å². The second-order valence-corrected chi connectivity index (χ2v) is 5.25. The molecule has 3 rings (SSSR count). The van der Waals surface area contributed by atoms with Crippen LogP contribution in [0.1, 0.15) is 25.7 Å². The second kappa shape index (κ2) is 6.09. The molecule has 6 heteroatoms. The lowest BCUT2D eigenvalue weighted by Crippen LogP contribution is -2.44. The third-order valence-corrected chi connectivity index (χ3v) is 3.70. The Morgan fingerprint density at radius 2 is 2.30 bits per heavy atom. The summed E-state index contributed by atoms with van der Waals surface area (Å²) in [4.78, 5) is 12.0. The predicted molar refractivity (Wildman–Crippen MR) is 72.3 cm³/mol. The summed E-state index contributed by atoms with van der Waals surface area (Å²) in [6, 6.07) is -0.115. The van der Waals surface area contributed by atoms with Crippen molar-refractivity contribution in [2.75, 3.05) is 13.2 Å². The van der Waals surface area contributed by atoms with Crippen molar-refractivity contribution in [3.05, 3.63) is 24.0 Å². The number of nitrogens with one attached hydrogen (secondary N) is 2. The Labute approximate surface area is 117 Å². The summed E-state index contributed by atoms with van der Waals surface area (Å²) in [6.07, 6.45) is 9.33. The van der Waals surface area contributed by atoms with E-state index in [9.17, 15) is 4.79 Å². The third-order valence-electron chi connectivity index (χ3n) is 3.70. The second-order valence-electron chi connectivity index (χ2n) is 5.25. The lowest BCUT2D eigenvalue weighted by Gasteiger charge is -2.19. The Morgan fingerprint density at radius 1 is 1.45 bits per heavy atom. The maximum Gasteiger partial charge on any atom is 0.244 e. The van der Waals surface area contributed by atoms with Gasteiger partial charge in [-0.25, -0.2) is 0 Å². The van der Waals surface area contributed by atoms with Gasteiger partial charge in [-0.1, -0.05) is 5.57 Å². The number of allylic oxidation sites excluding steroid dienone is 1. The van der Waals surface area contributed by atoms with Crippen molar-refractivity contribution in [1.82, 2.24) is 15.5 Å². The van der Waals surface area contributed by atoms with Crippen LogP contribution < -0.4 is 10.1 Å². The van der Waals surface area contributed by atoms with Crippen LogP contribution in [0.3, 0.4) is 0 Å². The number of carbonyl (C=O) groups is 1. The first kappa shape index (κ1) is 13.2. The smallest absolute Gasteiger partial charge is 0.244 e. The first-order chi connectivity index (χ1) is 9.81. The lowest BCUT2D eigenvalue weighted by atomic mass is 10.2. The number of hydrogen-bond acceptors (Lipinski definition) is 4. The van der Waals surface area contributed by atoms with Gasteiger partial charge >= 0.3 is 0 Å². The quantitative estimate of drug-likeness (QED) is 0.810. The van der Waals surface area contributed by atoms with Crippen LogP contribution in [-0.2, 0) is 9.53 Å². The minimum atomic E-state index is -0.168. The number of nitrogens with zero attached hydrogens (tertiary/aromatic N) is 1. The predicted octanol–water partition coefficient (Wildman–Crippen LogP) is 1.17. The molecule has 108 valence electrons. The Kier molecular flexibility index (Phi) is 4.01. The minimum Gasteiger partial charge on any atom is -0.482 e. The molecule has 1 aromatic rings. The lowest BCUT2D eigenvalue weighted by molar-refractivity contribution is -0.117. The topological polar surface area (TPSA) is 76.2 Å². The fourth-order valence-electron chi connectivity index (χ4n) is 2.65. The molecule has 2 N–H and O–H groups in total. The first-order valence-electron chi connectivity index (χ1n) is 7.04. The van der Waals surface area contributed by atoms with E-state index < -0.39 is 0 Å². The SMILES string of the molecule is O=C(C=C1CCCC1)N[C@H]1COC[C@H]1Oc1cn[nH]c1. The van der Waals surface area contributed by atoms with Gasteiger partial charge in [-0.05, 0) is 25.7 Å². The summed E-state index contributed by atoms with van der Waals surface area (Å²) in [6.45, 7) is 0.962. The van der Waals surface area contributed by atoms with Crippen LogP contribution in [0, 0.1) is 0 Å². The van der Waals surface area contributed by atoms with Crippen LogP contribution in [0.25, 0.3) is 0 Å². The van der Waals surface area contributed by atoms with E-state index in [4.69, 9.17) is 9.47 Å². The highest BCUT2D eigenvalue weighted by atomic mass is 16.5. The number of aromatic amines is 1. The molecule has 2 aliphatic rings. The highest BCUT2D eigenvalue weighted by Crippen LogP contribution is 2.23. The molecule has 0 radical (unpaired) electrons. The van der Waals surface area contributed by atoms with Crippen molar-refractivity contribution in [1.29, 1.82) is 0 Å². The summed E-state index contributed by atoms with van der Waals surface area (Å²) in [7, 11) is 0. The van der Waals surface area contributed by atoms with Crippen LogP contribution in [-0.4, -0.2) is 41.5 Å². The molecular weight excluding hydrogens is 258 g/mol. The van der Waals surface area contributed by atoms with Crippen molar-refractivity contribution in [2.45, 2.75) is 37.8 Å². The Hall–Kier alpha value is -1.82. The Bertz CT molecular complexity index is 476. The van der Waals surface area contributed by atoms with Crippen LogP contribution >= 0.6 is 0 Å². The Balaban J connectivity index is 1.55. The summed E-state index contributed by atoms with van der Waals surface area (Å²) >= 11 is 0. The molecule has 1 aromatic heterocycles. The summed E-state index contributed by atoms with van der Waals surface area (Å²) < 4.78 is 11.1. The fourth-order valence-corrected chi connectivity index (χ4v) is 2.65. The van der Waals surface area contributed by atoms with Gasteiger partial charge in [0.05, 0.1) is 31.6 Å². The van der Waals surface area contributed by atoms with Gasteiger partial charge in [0.25, 0.3) is 0 Å². The molecular formula is C14H19N3O3. The molecule has 0 aromatic carbocycles. The molecule has 0 bridgehead atoms. The average molecular weight is 277 g/mol. The van der Waals surface area contributed by atoms with Gasteiger partial charge in [0.15, 0.2) is 5.75 Å². The zero-order chi connectivity index (χ0) is 13.8. The van der Waals surface area contributed by atoms with Crippen molar-refractivity contribution < 1.29 is 14.3 Å². The molecule has 2 fully saturated rings. The molecule has 20 heavy (non-hydrogen) atoms. The maximum absolute atomic E-state index is 12.0. The maximum atomic E-state index is 12.0. The zero-order valence-corrected chi connectivity index (χ0v) is 11.3. The van der Waals surface area contributed by atoms with Crippen LogP contribution in [0.15, 0.2) is 24.0 Å². The van der Waals surface area contributed by atoms with Crippen LogP contribution in [0.2, 0.25) is 0 Å². The summed E-state index contributed by atoms with van der Waals surface area (Å²) in [5.41, 5.74) is 1.24. The summed E-state index contributed by atoms with van der Waals surface area (Å²) in [5, 5.41) is 9.50. The van der Waals surface area contributed by atoms with Crippen molar-refractivity contribution in [3.63, 3.8) is 0 Å². The molecule has 0 unspecified atom stereocenters.